The second-order valence-electron chi connectivity index (χ2n) is 7.28. The standard InChI is InChI=1S/C25H21N3O3/c1-16-8-12-20(13-9-16)27-23-22(18-10-14-19(15-11-18)26-17(2)29)24(30)28(25(23)31)21-6-4-3-5-7-21/h3-15,27H,1-2H3,(H,26,29). The first-order valence-corrected chi connectivity index (χ1v) is 9.84. The molecule has 31 heavy (non-hydrogen) atoms. The third-order valence-corrected chi connectivity index (χ3v) is 4.91. The van der Waals surface area contributed by atoms with Crippen LogP contribution < -0.4 is 15.5 Å². The van der Waals surface area contributed by atoms with Gasteiger partial charge < -0.3 is 10.6 Å². The van der Waals surface area contributed by atoms with E-state index in [1.165, 1.54) is 11.8 Å². The van der Waals surface area contributed by atoms with Gasteiger partial charge in [0.15, 0.2) is 0 Å². The lowest BCUT2D eigenvalue weighted by Crippen LogP contribution is -2.32. The van der Waals surface area contributed by atoms with Crippen LogP contribution in [-0.2, 0) is 14.4 Å². The van der Waals surface area contributed by atoms with Crippen molar-refractivity contribution in [2.24, 2.45) is 0 Å². The van der Waals surface area contributed by atoms with Gasteiger partial charge in [0.25, 0.3) is 11.8 Å². The topological polar surface area (TPSA) is 78.5 Å². The number of nitrogens with zero attached hydrogens (tertiary/aromatic N) is 1. The van der Waals surface area contributed by atoms with E-state index < -0.39 is 11.8 Å². The molecule has 4 rings (SSSR count). The van der Waals surface area contributed by atoms with E-state index in [-0.39, 0.29) is 17.2 Å². The summed E-state index contributed by atoms with van der Waals surface area (Å²) in [5.74, 6) is -1.01. The SMILES string of the molecule is CC(=O)Nc1ccc(C2=C(Nc3ccc(C)cc3)C(=O)N(c3ccccc3)C2=O)cc1. The van der Waals surface area contributed by atoms with E-state index in [0.717, 1.165) is 5.56 Å². The van der Waals surface area contributed by atoms with Gasteiger partial charge in [0.05, 0.1) is 11.3 Å². The van der Waals surface area contributed by atoms with Gasteiger partial charge in [0.2, 0.25) is 5.91 Å². The van der Waals surface area contributed by atoms with Gasteiger partial charge in [-0.15, -0.1) is 0 Å². The predicted molar refractivity (Wildman–Crippen MR) is 121 cm³/mol. The Hall–Kier alpha value is -4.19. The molecule has 0 radical (unpaired) electrons. The van der Waals surface area contributed by atoms with Crippen molar-refractivity contribution >= 4 is 40.4 Å². The Balaban J connectivity index is 1.77. The monoisotopic (exact) mass is 411 g/mol. The molecule has 0 saturated heterocycles. The fraction of sp³-hybridized carbons (Fsp3) is 0.0800. The van der Waals surface area contributed by atoms with Crippen LogP contribution in [0.1, 0.15) is 18.1 Å². The molecule has 6 nitrogen and oxygen atoms in total. The van der Waals surface area contributed by atoms with Gasteiger partial charge in [-0.3, -0.25) is 14.4 Å². The van der Waals surface area contributed by atoms with Crippen LogP contribution in [0.5, 0.6) is 0 Å². The van der Waals surface area contributed by atoms with Gasteiger partial charge in [-0.05, 0) is 48.9 Å². The number of carbonyl (C=O) groups is 3. The molecule has 1 aliphatic heterocycles. The van der Waals surface area contributed by atoms with Crippen LogP contribution >= 0.6 is 0 Å². The fourth-order valence-corrected chi connectivity index (χ4v) is 3.43. The Labute approximate surface area is 180 Å². The maximum absolute atomic E-state index is 13.4. The molecule has 6 heteroatoms. The number of hydrogen-bond donors (Lipinski definition) is 2. The lowest BCUT2D eigenvalue weighted by Gasteiger charge is -2.15. The molecule has 3 aromatic rings. The van der Waals surface area contributed by atoms with E-state index >= 15 is 0 Å². The maximum atomic E-state index is 13.4. The highest BCUT2D eigenvalue weighted by Crippen LogP contribution is 2.34. The minimum atomic E-state index is -0.419. The second-order valence-corrected chi connectivity index (χ2v) is 7.28. The summed E-state index contributed by atoms with van der Waals surface area (Å²) in [5.41, 5.74) is 4.00. The third kappa shape index (κ3) is 4.09. The summed E-state index contributed by atoms with van der Waals surface area (Å²) in [4.78, 5) is 39.1. The molecule has 0 atom stereocenters. The normalized spacial score (nSPS) is 13.5. The number of imide groups is 1. The van der Waals surface area contributed by atoms with Crippen molar-refractivity contribution in [3.8, 4) is 0 Å². The van der Waals surface area contributed by atoms with Crippen LogP contribution in [0.15, 0.2) is 84.6 Å². The number of benzene rings is 3. The van der Waals surface area contributed by atoms with Crippen LogP contribution in [0.2, 0.25) is 0 Å². The predicted octanol–water partition coefficient (Wildman–Crippen LogP) is 4.35. The van der Waals surface area contributed by atoms with Crippen LogP contribution in [0.25, 0.3) is 5.57 Å². The number of nitrogens with one attached hydrogen (secondary N) is 2. The molecule has 0 spiro atoms. The minimum Gasteiger partial charge on any atom is -0.350 e. The van der Waals surface area contributed by atoms with Crippen LogP contribution in [0, 0.1) is 6.92 Å². The van der Waals surface area contributed by atoms with Crippen molar-refractivity contribution in [1.29, 1.82) is 0 Å². The Morgan fingerprint density at radius 3 is 2.00 bits per heavy atom. The van der Waals surface area contributed by atoms with Crippen molar-refractivity contribution in [2.45, 2.75) is 13.8 Å². The maximum Gasteiger partial charge on any atom is 0.282 e. The van der Waals surface area contributed by atoms with Crippen molar-refractivity contribution in [3.05, 3.63) is 95.7 Å². The molecule has 3 aromatic carbocycles. The third-order valence-electron chi connectivity index (χ3n) is 4.91. The molecule has 0 aromatic heterocycles. The molecule has 3 amide bonds. The first-order chi connectivity index (χ1) is 14.9. The Morgan fingerprint density at radius 2 is 1.39 bits per heavy atom. The largest absolute Gasteiger partial charge is 0.350 e. The van der Waals surface area contributed by atoms with Gasteiger partial charge in [-0.25, -0.2) is 4.90 Å². The van der Waals surface area contributed by atoms with E-state index in [1.807, 2.05) is 37.3 Å². The number of rotatable bonds is 5. The molecule has 1 aliphatic rings. The van der Waals surface area contributed by atoms with E-state index in [4.69, 9.17) is 0 Å². The first kappa shape index (κ1) is 20.1. The van der Waals surface area contributed by atoms with Gasteiger partial charge in [0, 0.05) is 18.3 Å². The van der Waals surface area contributed by atoms with E-state index in [1.54, 1.807) is 48.5 Å². The molecule has 0 fully saturated rings. The molecule has 1 heterocycles. The summed E-state index contributed by atoms with van der Waals surface area (Å²) in [6.45, 7) is 3.41. The summed E-state index contributed by atoms with van der Waals surface area (Å²) in [7, 11) is 0. The molecule has 0 saturated carbocycles. The van der Waals surface area contributed by atoms with Crippen molar-refractivity contribution in [2.75, 3.05) is 15.5 Å². The highest BCUT2D eigenvalue weighted by molar-refractivity contribution is 6.46. The summed E-state index contributed by atoms with van der Waals surface area (Å²) < 4.78 is 0. The Morgan fingerprint density at radius 1 is 0.774 bits per heavy atom. The zero-order chi connectivity index (χ0) is 22.0. The highest BCUT2D eigenvalue weighted by Gasteiger charge is 2.40. The molecule has 2 N–H and O–H groups in total. The first-order valence-electron chi connectivity index (χ1n) is 9.84. The summed E-state index contributed by atoms with van der Waals surface area (Å²) in [5, 5.41) is 5.84. The van der Waals surface area contributed by atoms with Crippen LogP contribution in [0.3, 0.4) is 0 Å². The lowest BCUT2D eigenvalue weighted by molar-refractivity contribution is -0.120. The zero-order valence-corrected chi connectivity index (χ0v) is 17.2. The smallest absolute Gasteiger partial charge is 0.282 e. The lowest BCUT2D eigenvalue weighted by atomic mass is 10.0. The van der Waals surface area contributed by atoms with Gasteiger partial charge in [0.1, 0.15) is 5.70 Å². The average molecular weight is 411 g/mol. The number of para-hydroxylation sites is 1. The number of aryl methyl sites for hydroxylation is 1. The van der Waals surface area contributed by atoms with Gasteiger partial charge >= 0.3 is 0 Å². The number of amides is 3. The quantitative estimate of drug-likeness (QED) is 0.612. The number of hydrogen-bond acceptors (Lipinski definition) is 4. The molecular weight excluding hydrogens is 390 g/mol. The average Bonchev–Trinajstić information content (AvgIpc) is 3.00. The van der Waals surface area contributed by atoms with E-state index in [2.05, 4.69) is 10.6 Å². The van der Waals surface area contributed by atoms with Gasteiger partial charge in [-0.2, -0.15) is 0 Å². The fourth-order valence-electron chi connectivity index (χ4n) is 3.43. The summed E-state index contributed by atoms with van der Waals surface area (Å²) in [6.07, 6.45) is 0. The zero-order valence-electron chi connectivity index (χ0n) is 17.2. The number of carbonyl (C=O) groups excluding carboxylic acids is 3. The number of anilines is 3. The molecule has 154 valence electrons. The van der Waals surface area contributed by atoms with Crippen LogP contribution in [-0.4, -0.2) is 17.7 Å². The Bertz CT molecular complexity index is 1180. The van der Waals surface area contributed by atoms with Crippen molar-refractivity contribution in [3.63, 3.8) is 0 Å². The Kier molecular flexibility index (Phi) is 5.37. The molecular formula is C25H21N3O3. The van der Waals surface area contributed by atoms with Crippen molar-refractivity contribution < 1.29 is 14.4 Å². The van der Waals surface area contributed by atoms with E-state index in [9.17, 15) is 14.4 Å². The van der Waals surface area contributed by atoms with E-state index in [0.29, 0.717) is 22.6 Å². The second kappa shape index (κ2) is 8.28. The molecule has 0 bridgehead atoms. The van der Waals surface area contributed by atoms with Crippen LogP contribution in [0.4, 0.5) is 17.1 Å². The highest BCUT2D eigenvalue weighted by atomic mass is 16.2. The molecule has 0 aliphatic carbocycles. The van der Waals surface area contributed by atoms with Gasteiger partial charge in [-0.1, -0.05) is 48.0 Å². The summed E-state index contributed by atoms with van der Waals surface area (Å²) >= 11 is 0. The molecule has 0 unspecified atom stereocenters. The minimum absolute atomic E-state index is 0.184. The summed E-state index contributed by atoms with van der Waals surface area (Å²) in [6, 6.07) is 23.3. The van der Waals surface area contributed by atoms with Crippen molar-refractivity contribution in [1.82, 2.24) is 0 Å².